The summed E-state index contributed by atoms with van der Waals surface area (Å²) in [6.45, 7) is 16.6. The Morgan fingerprint density at radius 2 is 0.960 bits per heavy atom. The standard InChI is InChI=1S/C31H37N5OS.C31H35N5O/c1-4-19-32-30(38)35-28-27(33-22-31(2,3)37)25-17-11-12-18-26(25)34-29(28)36(20-23-13-7-5-8-14-23)21-24-15-9-6-10-16-24;1-4-19-32-30-34-27-28(36(30)22-31(2,3)37)25-17-11-12-18-26(25)33-29(27)35(20-23-13-7-5-8-14-23)21-24-15-9-6-10-16-24/h5-18,37H,4,19-22H2,1-3H3,(H,33,34)(H2,32,35,38);5-18,37H,4,19-22H2,1-3H3,(H,32,34). The lowest BCUT2D eigenvalue weighted by molar-refractivity contribution is 0.0632. The molecule has 0 fully saturated rings. The van der Waals surface area contributed by atoms with E-state index in [2.05, 4.69) is 159 Å². The fraction of sp³-hybridized carbons (Fsp3) is 0.290. The first kappa shape index (κ1) is 53.7. The molecule has 9 rings (SSSR count). The van der Waals surface area contributed by atoms with Crippen molar-refractivity contribution in [2.75, 3.05) is 45.4 Å². The van der Waals surface area contributed by atoms with Crippen LogP contribution in [0, 0.1) is 0 Å². The first-order chi connectivity index (χ1) is 36.3. The first-order valence-corrected chi connectivity index (χ1v) is 26.5. The molecule has 0 saturated heterocycles. The summed E-state index contributed by atoms with van der Waals surface area (Å²) >= 11 is 5.70. The molecular weight excluding hydrogens is 949 g/mol. The number of thiocarbonyl (C=S) groups is 1. The number of aromatic nitrogens is 4. The molecule has 0 spiro atoms. The number of anilines is 5. The van der Waals surface area contributed by atoms with E-state index in [1.165, 1.54) is 22.3 Å². The normalized spacial score (nSPS) is 11.5. The molecule has 0 amide bonds. The van der Waals surface area contributed by atoms with Gasteiger partial charge in [-0.15, -0.1) is 0 Å². The predicted molar refractivity (Wildman–Crippen MR) is 317 cm³/mol. The molecule has 3 aromatic heterocycles. The fourth-order valence-corrected chi connectivity index (χ4v) is 9.21. The van der Waals surface area contributed by atoms with Gasteiger partial charge in [0.05, 0.1) is 40.0 Å². The topological polar surface area (TPSA) is 139 Å². The van der Waals surface area contributed by atoms with E-state index in [1.807, 2.05) is 74.5 Å². The number of hydrogen-bond donors (Lipinski definition) is 6. The molecule has 0 aliphatic rings. The van der Waals surface area contributed by atoms with Crippen LogP contribution >= 0.6 is 12.2 Å². The molecule has 0 unspecified atom stereocenters. The van der Waals surface area contributed by atoms with E-state index in [9.17, 15) is 10.2 Å². The molecule has 13 heteroatoms. The predicted octanol–water partition coefficient (Wildman–Crippen LogP) is 12.7. The van der Waals surface area contributed by atoms with Crippen LogP contribution in [0.1, 0.15) is 76.6 Å². The van der Waals surface area contributed by atoms with Crippen LogP contribution in [-0.2, 0) is 32.7 Å². The summed E-state index contributed by atoms with van der Waals surface area (Å²) in [7, 11) is 0. The molecule has 0 bridgehead atoms. The Bertz CT molecular complexity index is 3170. The summed E-state index contributed by atoms with van der Waals surface area (Å²) in [6.07, 6.45) is 1.94. The van der Waals surface area contributed by atoms with Gasteiger partial charge in [0.15, 0.2) is 16.7 Å². The van der Waals surface area contributed by atoms with Gasteiger partial charge in [-0.1, -0.05) is 172 Å². The second kappa shape index (κ2) is 25.1. The fourth-order valence-electron chi connectivity index (χ4n) is 9.01. The minimum atomic E-state index is -0.908. The Morgan fingerprint density at radius 1 is 0.520 bits per heavy atom. The molecule has 0 aliphatic heterocycles. The van der Waals surface area contributed by atoms with Gasteiger partial charge in [0.2, 0.25) is 5.95 Å². The van der Waals surface area contributed by atoms with Crippen molar-refractivity contribution in [1.29, 1.82) is 0 Å². The highest BCUT2D eigenvalue weighted by Gasteiger charge is 2.27. The maximum atomic E-state index is 10.8. The van der Waals surface area contributed by atoms with Gasteiger partial charge in [-0.2, -0.15) is 0 Å². The lowest BCUT2D eigenvalue weighted by atomic mass is 10.1. The molecule has 6 N–H and O–H groups in total. The van der Waals surface area contributed by atoms with Gasteiger partial charge in [0, 0.05) is 56.6 Å². The van der Waals surface area contributed by atoms with Crippen LogP contribution in [-0.4, -0.2) is 65.7 Å². The summed E-state index contributed by atoms with van der Waals surface area (Å²) in [4.78, 5) is 20.1. The molecule has 75 heavy (non-hydrogen) atoms. The van der Waals surface area contributed by atoms with Crippen molar-refractivity contribution in [3.63, 3.8) is 0 Å². The quantitative estimate of drug-likeness (QED) is 0.0382. The van der Waals surface area contributed by atoms with Crippen molar-refractivity contribution in [2.24, 2.45) is 0 Å². The van der Waals surface area contributed by atoms with Crippen LogP contribution in [0.25, 0.3) is 32.8 Å². The third-order valence-corrected chi connectivity index (χ3v) is 12.7. The Morgan fingerprint density at radius 3 is 1.44 bits per heavy atom. The van der Waals surface area contributed by atoms with E-state index in [-0.39, 0.29) is 0 Å². The van der Waals surface area contributed by atoms with Crippen molar-refractivity contribution in [2.45, 2.75) is 98.3 Å². The van der Waals surface area contributed by atoms with Crippen LogP contribution in [0.3, 0.4) is 0 Å². The van der Waals surface area contributed by atoms with Crippen LogP contribution in [0.5, 0.6) is 0 Å². The Labute approximate surface area is 447 Å². The molecule has 0 atom stereocenters. The van der Waals surface area contributed by atoms with Gasteiger partial charge in [-0.05, 0) is 87.1 Å². The molecule has 0 aliphatic carbocycles. The Hall–Kier alpha value is -7.58. The van der Waals surface area contributed by atoms with E-state index in [0.717, 1.165) is 87.7 Å². The molecule has 9 aromatic rings. The summed E-state index contributed by atoms with van der Waals surface area (Å²) in [5, 5.41) is 37.7. The monoisotopic (exact) mass is 1020 g/mol. The number of nitrogens with one attached hydrogen (secondary N) is 4. The second-order valence-electron chi connectivity index (χ2n) is 20.3. The minimum absolute atomic E-state index is 0.363. The van der Waals surface area contributed by atoms with E-state index in [1.54, 1.807) is 13.8 Å². The summed E-state index contributed by atoms with van der Waals surface area (Å²) < 4.78 is 2.13. The van der Waals surface area contributed by atoms with Gasteiger partial charge in [-0.25, -0.2) is 15.0 Å². The second-order valence-corrected chi connectivity index (χ2v) is 20.7. The Kier molecular flexibility index (Phi) is 18.0. The highest BCUT2D eigenvalue weighted by atomic mass is 32.1. The molecule has 12 nitrogen and oxygen atoms in total. The van der Waals surface area contributed by atoms with Crippen molar-refractivity contribution >= 4 is 79.1 Å². The number of nitrogens with zero attached hydrogens (tertiary/aromatic N) is 6. The lowest BCUT2D eigenvalue weighted by Crippen LogP contribution is -2.33. The zero-order valence-electron chi connectivity index (χ0n) is 44.2. The number of para-hydroxylation sites is 2. The van der Waals surface area contributed by atoms with E-state index in [0.29, 0.717) is 44.4 Å². The number of pyridine rings is 2. The van der Waals surface area contributed by atoms with Crippen LogP contribution in [0.2, 0.25) is 0 Å². The van der Waals surface area contributed by atoms with Gasteiger partial charge in [0.25, 0.3) is 0 Å². The SMILES string of the molecule is CCCNC(=S)Nc1c(N(Cc2ccccc2)Cc2ccccc2)nc2ccccc2c1NCC(C)(C)O.CCCNc1nc2c(N(Cc3ccccc3)Cc3ccccc3)nc3ccccc3c2n1CC(C)(C)O. The lowest BCUT2D eigenvalue weighted by Gasteiger charge is -2.30. The first-order valence-electron chi connectivity index (χ1n) is 26.1. The van der Waals surface area contributed by atoms with Gasteiger partial charge in [0.1, 0.15) is 11.2 Å². The average molecular weight is 1020 g/mol. The number of imidazole rings is 1. The summed E-state index contributed by atoms with van der Waals surface area (Å²) in [5.41, 5.74) is 8.23. The van der Waals surface area contributed by atoms with Gasteiger partial charge < -0.3 is 45.8 Å². The number of benzene rings is 6. The third-order valence-electron chi connectivity index (χ3n) is 12.5. The highest BCUT2D eigenvalue weighted by Crippen LogP contribution is 2.40. The zero-order chi connectivity index (χ0) is 52.8. The number of rotatable bonds is 21. The maximum Gasteiger partial charge on any atom is 0.204 e. The highest BCUT2D eigenvalue weighted by molar-refractivity contribution is 7.80. The molecule has 388 valence electrons. The smallest absolute Gasteiger partial charge is 0.204 e. The van der Waals surface area contributed by atoms with E-state index < -0.39 is 11.2 Å². The van der Waals surface area contributed by atoms with Gasteiger partial charge >= 0.3 is 0 Å². The zero-order valence-corrected chi connectivity index (χ0v) is 45.0. The third kappa shape index (κ3) is 14.6. The van der Waals surface area contributed by atoms with Crippen molar-refractivity contribution in [3.05, 3.63) is 192 Å². The molecule has 0 saturated carbocycles. The number of aliphatic hydroxyl groups is 2. The number of fused-ring (bicyclic) bond motifs is 4. The van der Waals surface area contributed by atoms with E-state index in [4.69, 9.17) is 27.2 Å². The summed E-state index contributed by atoms with van der Waals surface area (Å²) in [5.74, 6) is 2.39. The minimum Gasteiger partial charge on any atom is -0.389 e. The van der Waals surface area contributed by atoms with Crippen LogP contribution in [0.4, 0.5) is 29.0 Å². The molecule has 3 heterocycles. The molecule has 6 aromatic carbocycles. The van der Waals surface area contributed by atoms with Gasteiger partial charge in [-0.3, -0.25) is 0 Å². The van der Waals surface area contributed by atoms with Crippen molar-refractivity contribution < 1.29 is 10.2 Å². The summed E-state index contributed by atoms with van der Waals surface area (Å²) in [6, 6.07) is 58.1. The van der Waals surface area contributed by atoms with Crippen molar-refractivity contribution in [1.82, 2.24) is 24.8 Å². The largest absolute Gasteiger partial charge is 0.389 e. The van der Waals surface area contributed by atoms with Crippen LogP contribution in [0.15, 0.2) is 170 Å². The number of hydrogen-bond acceptors (Lipinski definition) is 10. The average Bonchev–Trinajstić information content (AvgIpc) is 3.76. The molecule has 0 radical (unpaired) electrons. The van der Waals surface area contributed by atoms with Crippen LogP contribution < -0.4 is 31.1 Å². The Balaban J connectivity index is 0.000000199. The maximum absolute atomic E-state index is 10.8. The molecular formula is C62H72N10O2S. The van der Waals surface area contributed by atoms with E-state index >= 15 is 0 Å². The van der Waals surface area contributed by atoms with Crippen molar-refractivity contribution in [3.8, 4) is 0 Å².